The molecular weight excluding hydrogens is 232 g/mol. The lowest BCUT2D eigenvalue weighted by atomic mass is 10.2. The lowest BCUT2D eigenvalue weighted by Gasteiger charge is -2.27. The average Bonchev–Trinajstić information content (AvgIpc) is 2.34. The molecule has 0 fully saturated rings. The molecule has 2 N–H and O–H groups in total. The molecule has 0 aromatic heterocycles. The maximum absolute atomic E-state index is 11.9. The molecule has 0 aliphatic carbocycles. The number of anilines is 1. The number of amides is 1. The molecule has 0 radical (unpaired) electrons. The molecule has 0 bridgehead atoms. The number of hydrogen-bond acceptors (Lipinski definition) is 4. The number of para-hydroxylation sites is 2. The van der Waals surface area contributed by atoms with Gasteiger partial charge in [-0.3, -0.25) is 9.63 Å². The van der Waals surface area contributed by atoms with E-state index in [1.807, 2.05) is 45.0 Å². The molecule has 0 saturated carbocycles. The molecule has 1 aromatic rings. The van der Waals surface area contributed by atoms with Gasteiger partial charge in [0, 0.05) is 0 Å². The quantitative estimate of drug-likeness (QED) is 0.784. The zero-order valence-corrected chi connectivity index (χ0v) is 10.8. The second-order valence-corrected chi connectivity index (χ2v) is 5.16. The van der Waals surface area contributed by atoms with Crippen molar-refractivity contribution < 1.29 is 14.4 Å². The van der Waals surface area contributed by atoms with E-state index < -0.39 is 11.7 Å². The summed E-state index contributed by atoms with van der Waals surface area (Å²) in [6.07, 6.45) is -0.581. The van der Waals surface area contributed by atoms with Crippen LogP contribution in [-0.2, 0) is 9.63 Å². The molecule has 1 heterocycles. The van der Waals surface area contributed by atoms with E-state index in [1.54, 1.807) is 0 Å². The van der Waals surface area contributed by atoms with Gasteiger partial charge in [-0.05, 0) is 32.9 Å². The van der Waals surface area contributed by atoms with Gasteiger partial charge in [-0.2, -0.15) is 0 Å². The summed E-state index contributed by atoms with van der Waals surface area (Å²) in [5.41, 5.74) is 2.90. The third kappa shape index (κ3) is 3.13. The van der Waals surface area contributed by atoms with Crippen molar-refractivity contribution in [2.45, 2.75) is 32.5 Å². The summed E-state index contributed by atoms with van der Waals surface area (Å²) < 4.78 is 5.60. The number of benzene rings is 1. The Hall–Kier alpha value is -1.75. The third-order valence-corrected chi connectivity index (χ3v) is 2.38. The molecule has 5 heteroatoms. The molecular formula is C13H18N2O3. The molecule has 18 heavy (non-hydrogen) atoms. The van der Waals surface area contributed by atoms with E-state index in [1.165, 1.54) is 0 Å². The van der Waals surface area contributed by atoms with Gasteiger partial charge >= 0.3 is 0 Å². The molecule has 1 aliphatic heterocycles. The second kappa shape index (κ2) is 4.86. The SMILES string of the molecule is CC(C)(C)ONC(=O)C1CNc2ccccc2O1. The molecule has 2 rings (SSSR count). The molecule has 1 amide bonds. The molecule has 1 aromatic carbocycles. The number of hydroxylamine groups is 1. The summed E-state index contributed by atoms with van der Waals surface area (Å²) in [4.78, 5) is 17.1. The van der Waals surface area contributed by atoms with Crippen LogP contribution in [-0.4, -0.2) is 24.2 Å². The van der Waals surface area contributed by atoms with Gasteiger partial charge in [-0.1, -0.05) is 12.1 Å². The van der Waals surface area contributed by atoms with Gasteiger partial charge in [0.15, 0.2) is 6.10 Å². The van der Waals surface area contributed by atoms with Crippen molar-refractivity contribution in [3.63, 3.8) is 0 Å². The van der Waals surface area contributed by atoms with Crippen molar-refractivity contribution in [1.29, 1.82) is 0 Å². The number of ether oxygens (including phenoxy) is 1. The van der Waals surface area contributed by atoms with E-state index in [0.717, 1.165) is 5.69 Å². The van der Waals surface area contributed by atoms with Gasteiger partial charge in [0.1, 0.15) is 5.75 Å². The normalized spacial score (nSPS) is 18.3. The van der Waals surface area contributed by atoms with Crippen LogP contribution in [0.5, 0.6) is 5.75 Å². The van der Waals surface area contributed by atoms with Crippen molar-refractivity contribution in [3.05, 3.63) is 24.3 Å². The minimum absolute atomic E-state index is 0.285. The van der Waals surface area contributed by atoms with Gasteiger partial charge in [0.25, 0.3) is 5.91 Å². The maximum Gasteiger partial charge on any atom is 0.286 e. The van der Waals surface area contributed by atoms with Gasteiger partial charge in [0.2, 0.25) is 0 Å². The largest absolute Gasteiger partial charge is 0.476 e. The summed E-state index contributed by atoms with van der Waals surface area (Å²) in [6.45, 7) is 6.02. The Morgan fingerprint density at radius 2 is 2.17 bits per heavy atom. The van der Waals surface area contributed by atoms with Gasteiger partial charge in [0.05, 0.1) is 17.8 Å². The van der Waals surface area contributed by atoms with Crippen LogP contribution in [0.25, 0.3) is 0 Å². The first-order valence-electron chi connectivity index (χ1n) is 5.93. The monoisotopic (exact) mass is 250 g/mol. The number of rotatable bonds is 2. The highest BCUT2D eigenvalue weighted by atomic mass is 16.7. The van der Waals surface area contributed by atoms with Crippen LogP contribution in [0.15, 0.2) is 24.3 Å². The van der Waals surface area contributed by atoms with Crippen molar-refractivity contribution in [2.75, 3.05) is 11.9 Å². The highest BCUT2D eigenvalue weighted by Crippen LogP contribution is 2.28. The van der Waals surface area contributed by atoms with Crippen LogP contribution in [0.3, 0.4) is 0 Å². The fourth-order valence-electron chi connectivity index (χ4n) is 1.53. The van der Waals surface area contributed by atoms with E-state index in [0.29, 0.717) is 12.3 Å². The van der Waals surface area contributed by atoms with Crippen LogP contribution < -0.4 is 15.5 Å². The number of nitrogens with one attached hydrogen (secondary N) is 2. The Morgan fingerprint density at radius 3 is 2.89 bits per heavy atom. The average molecular weight is 250 g/mol. The highest BCUT2D eigenvalue weighted by molar-refractivity contribution is 5.82. The number of fused-ring (bicyclic) bond motifs is 1. The van der Waals surface area contributed by atoms with Crippen LogP contribution in [0, 0.1) is 0 Å². The third-order valence-electron chi connectivity index (χ3n) is 2.38. The molecule has 1 unspecified atom stereocenters. The van der Waals surface area contributed by atoms with E-state index in [9.17, 15) is 4.79 Å². The predicted octanol–water partition coefficient (Wildman–Crippen LogP) is 1.71. The Morgan fingerprint density at radius 1 is 1.44 bits per heavy atom. The number of carbonyl (C=O) groups is 1. The van der Waals surface area contributed by atoms with E-state index in [2.05, 4.69) is 10.8 Å². The smallest absolute Gasteiger partial charge is 0.286 e. The first-order valence-corrected chi connectivity index (χ1v) is 5.93. The van der Waals surface area contributed by atoms with Crippen LogP contribution in [0.4, 0.5) is 5.69 Å². The highest BCUT2D eigenvalue weighted by Gasteiger charge is 2.26. The molecule has 0 saturated heterocycles. The standard InChI is InChI=1S/C13H18N2O3/c1-13(2,3)18-15-12(16)11-8-14-9-6-4-5-7-10(9)17-11/h4-7,11,14H,8H2,1-3H3,(H,15,16). The molecule has 1 aliphatic rings. The Bertz CT molecular complexity index is 440. The van der Waals surface area contributed by atoms with Crippen LogP contribution in [0.2, 0.25) is 0 Å². The minimum Gasteiger partial charge on any atom is -0.476 e. The summed E-state index contributed by atoms with van der Waals surface area (Å²) in [5.74, 6) is 0.395. The van der Waals surface area contributed by atoms with Gasteiger partial charge in [-0.15, -0.1) is 0 Å². The lowest BCUT2D eigenvalue weighted by molar-refractivity contribution is -0.152. The van der Waals surface area contributed by atoms with Crippen LogP contribution in [0.1, 0.15) is 20.8 Å². The van der Waals surface area contributed by atoms with Gasteiger partial charge < -0.3 is 10.1 Å². The molecule has 5 nitrogen and oxygen atoms in total. The predicted molar refractivity (Wildman–Crippen MR) is 68.3 cm³/mol. The van der Waals surface area contributed by atoms with Crippen molar-refractivity contribution in [2.24, 2.45) is 0 Å². The molecule has 1 atom stereocenters. The van der Waals surface area contributed by atoms with Crippen molar-refractivity contribution in [3.8, 4) is 5.75 Å². The lowest BCUT2D eigenvalue weighted by Crippen LogP contribution is -2.46. The molecule has 0 spiro atoms. The van der Waals surface area contributed by atoms with E-state index >= 15 is 0 Å². The van der Waals surface area contributed by atoms with Crippen LogP contribution >= 0.6 is 0 Å². The maximum atomic E-state index is 11.9. The van der Waals surface area contributed by atoms with Crippen molar-refractivity contribution in [1.82, 2.24) is 5.48 Å². The van der Waals surface area contributed by atoms with Crippen molar-refractivity contribution >= 4 is 11.6 Å². The fraction of sp³-hybridized carbons (Fsp3) is 0.462. The number of carbonyl (C=O) groups excluding carboxylic acids is 1. The summed E-state index contributed by atoms with van der Waals surface area (Å²) in [7, 11) is 0. The summed E-state index contributed by atoms with van der Waals surface area (Å²) in [6, 6.07) is 7.52. The summed E-state index contributed by atoms with van der Waals surface area (Å²) >= 11 is 0. The van der Waals surface area contributed by atoms with E-state index in [-0.39, 0.29) is 5.91 Å². The zero-order chi connectivity index (χ0) is 13.2. The topological polar surface area (TPSA) is 59.6 Å². The molecule has 98 valence electrons. The number of hydrogen-bond donors (Lipinski definition) is 2. The summed E-state index contributed by atoms with van der Waals surface area (Å²) in [5, 5.41) is 3.15. The zero-order valence-electron chi connectivity index (χ0n) is 10.8. The Labute approximate surface area is 106 Å². The fourth-order valence-corrected chi connectivity index (χ4v) is 1.53. The minimum atomic E-state index is -0.581. The van der Waals surface area contributed by atoms with E-state index in [4.69, 9.17) is 9.57 Å². The first-order chi connectivity index (χ1) is 8.46. The Kier molecular flexibility index (Phi) is 3.43. The first kappa shape index (κ1) is 12.7. The second-order valence-electron chi connectivity index (χ2n) is 5.16. The Balaban J connectivity index is 1.95. The van der Waals surface area contributed by atoms with Gasteiger partial charge in [-0.25, -0.2) is 5.48 Å².